The fourth-order valence-electron chi connectivity index (χ4n) is 5.55. The van der Waals surface area contributed by atoms with Crippen LogP contribution >= 0.6 is 0 Å². The molecular formula is C32H34F6N6O4. The number of hydrogen-bond donors (Lipinski definition) is 4. The maximum atomic E-state index is 14.5. The second-order valence-electron chi connectivity index (χ2n) is 12.5. The van der Waals surface area contributed by atoms with Crippen molar-refractivity contribution >= 4 is 34.3 Å². The number of anilines is 2. The minimum atomic E-state index is -5.95. The van der Waals surface area contributed by atoms with Crippen molar-refractivity contribution in [1.82, 2.24) is 20.4 Å². The highest BCUT2D eigenvalue weighted by Gasteiger charge is 2.73. The first-order valence-corrected chi connectivity index (χ1v) is 15.0. The lowest BCUT2D eigenvalue weighted by atomic mass is 9.91. The van der Waals surface area contributed by atoms with Crippen molar-refractivity contribution in [1.29, 1.82) is 0 Å². The predicted octanol–water partition coefficient (Wildman–Crippen LogP) is 6.72. The van der Waals surface area contributed by atoms with E-state index in [4.69, 9.17) is 9.47 Å². The number of hydrogen-bond acceptors (Lipinski definition) is 7. The standard InChI is InChI=1S/C32H34F6N6O4/c1-28(2,3)48-27(46)44-16-6-7-24(44)19-47-30(31(33,34)35,32(36,37)38)21-9-12-22(13-10-21)41-26(45)29(14-4-5-15-39-29)42-23-11-8-20-18-40-43-25(20)17-23/h4-5,8-15,17-18,24,39,42H,6-7,16,19H2,1-3H3,(H,40,43)(H,41,45). The number of ether oxygens (including phenoxy) is 2. The number of aromatic nitrogens is 2. The van der Waals surface area contributed by atoms with Crippen LogP contribution in [0.3, 0.4) is 0 Å². The lowest BCUT2D eigenvalue weighted by molar-refractivity contribution is -0.390. The van der Waals surface area contributed by atoms with Crippen molar-refractivity contribution < 1.29 is 45.4 Å². The molecule has 2 amide bonds. The number of carbonyl (C=O) groups excluding carboxylic acids is 2. The number of H-pyrrole nitrogens is 1. The molecule has 3 aromatic rings. The molecule has 0 aliphatic carbocycles. The first-order valence-electron chi connectivity index (χ1n) is 15.0. The molecule has 10 nitrogen and oxygen atoms in total. The highest BCUT2D eigenvalue weighted by atomic mass is 19.4. The summed E-state index contributed by atoms with van der Waals surface area (Å²) in [5, 5.41) is 16.1. The number of carbonyl (C=O) groups is 2. The maximum Gasteiger partial charge on any atom is 0.430 e. The van der Waals surface area contributed by atoms with Gasteiger partial charge in [0.25, 0.3) is 11.5 Å². The second kappa shape index (κ2) is 12.7. The van der Waals surface area contributed by atoms with Crippen LogP contribution in [-0.2, 0) is 19.9 Å². The van der Waals surface area contributed by atoms with Crippen LogP contribution in [0.25, 0.3) is 10.9 Å². The van der Waals surface area contributed by atoms with Crippen LogP contribution in [0, 0.1) is 0 Å². The molecule has 3 heterocycles. The van der Waals surface area contributed by atoms with E-state index in [1.165, 1.54) is 12.3 Å². The van der Waals surface area contributed by atoms with E-state index in [1.807, 2.05) is 0 Å². The van der Waals surface area contributed by atoms with Gasteiger partial charge in [0.1, 0.15) is 5.60 Å². The fraction of sp³-hybridized carbons (Fsp3) is 0.406. The van der Waals surface area contributed by atoms with Gasteiger partial charge in [-0.15, -0.1) is 0 Å². The number of rotatable bonds is 8. The first kappa shape index (κ1) is 34.6. The molecule has 2 aliphatic rings. The Hall–Kier alpha value is -4.73. The lowest BCUT2D eigenvalue weighted by Crippen LogP contribution is -2.58. The van der Waals surface area contributed by atoms with Crippen molar-refractivity contribution in [2.75, 3.05) is 23.8 Å². The van der Waals surface area contributed by atoms with Crippen molar-refractivity contribution in [3.05, 3.63) is 78.7 Å². The van der Waals surface area contributed by atoms with E-state index in [1.54, 1.807) is 57.3 Å². The smallest absolute Gasteiger partial charge is 0.430 e. The lowest BCUT2D eigenvalue weighted by Gasteiger charge is -2.39. The number of nitrogens with zero attached hydrogens (tertiary/aromatic N) is 2. The number of fused-ring (bicyclic) bond motifs is 1. The Morgan fingerprint density at radius 2 is 1.69 bits per heavy atom. The molecule has 16 heteroatoms. The molecule has 1 aromatic heterocycles. The van der Waals surface area contributed by atoms with Gasteiger partial charge < -0.3 is 30.3 Å². The summed E-state index contributed by atoms with van der Waals surface area (Å²) in [5.41, 5.74) is -7.36. The minimum absolute atomic E-state index is 0.0798. The van der Waals surface area contributed by atoms with Crippen LogP contribution in [-0.4, -0.2) is 69.9 Å². The first-order chi connectivity index (χ1) is 22.4. The Balaban J connectivity index is 1.38. The molecule has 2 aromatic carbocycles. The molecule has 5 rings (SSSR count). The van der Waals surface area contributed by atoms with E-state index in [0.29, 0.717) is 29.8 Å². The van der Waals surface area contributed by atoms with E-state index in [9.17, 15) is 35.9 Å². The quantitative estimate of drug-likeness (QED) is 0.195. The van der Waals surface area contributed by atoms with Crippen LogP contribution in [0.5, 0.6) is 0 Å². The molecule has 0 saturated carbocycles. The Bertz CT molecular complexity index is 1680. The van der Waals surface area contributed by atoms with Gasteiger partial charge in [0, 0.05) is 28.9 Å². The topological polar surface area (TPSA) is 121 Å². The number of dihydropyridines is 1. The van der Waals surface area contributed by atoms with Gasteiger partial charge in [-0.05, 0) is 82.3 Å². The number of amides is 2. The highest BCUT2D eigenvalue weighted by molar-refractivity contribution is 6.02. The van der Waals surface area contributed by atoms with E-state index in [0.717, 1.165) is 22.4 Å². The summed E-state index contributed by atoms with van der Waals surface area (Å²) in [6.45, 7) is 3.81. The third-order valence-electron chi connectivity index (χ3n) is 7.85. The van der Waals surface area contributed by atoms with Crippen molar-refractivity contribution in [3.8, 4) is 0 Å². The number of likely N-dealkylation sites (tertiary alicyclic amines) is 1. The van der Waals surface area contributed by atoms with Crippen molar-refractivity contribution in [2.45, 2.75) is 68.9 Å². The molecular weight excluding hydrogens is 646 g/mol. The molecule has 0 spiro atoms. The normalized spacial score (nSPS) is 20.1. The number of aromatic amines is 1. The Morgan fingerprint density at radius 1 is 1.00 bits per heavy atom. The SMILES string of the molecule is CC(C)(C)OC(=O)N1CCCC1COC(c1ccc(NC(=O)C2(Nc3ccc4cn[nH]c4c3)C=CC=CN2)cc1)(C(F)(F)F)C(F)(F)F. The third kappa shape index (κ3) is 6.93. The van der Waals surface area contributed by atoms with Crippen LogP contribution in [0.1, 0.15) is 39.2 Å². The Kier molecular flexibility index (Phi) is 9.16. The van der Waals surface area contributed by atoms with Gasteiger partial charge in [-0.3, -0.25) is 9.89 Å². The molecule has 1 fully saturated rings. The van der Waals surface area contributed by atoms with Crippen LogP contribution in [0.2, 0.25) is 0 Å². The minimum Gasteiger partial charge on any atom is -0.444 e. The van der Waals surface area contributed by atoms with Gasteiger partial charge >= 0.3 is 18.4 Å². The van der Waals surface area contributed by atoms with Crippen molar-refractivity contribution in [3.63, 3.8) is 0 Å². The van der Waals surface area contributed by atoms with Gasteiger partial charge in [-0.25, -0.2) is 4.79 Å². The summed E-state index contributed by atoms with van der Waals surface area (Å²) in [4.78, 5) is 27.3. The van der Waals surface area contributed by atoms with E-state index < -0.39 is 59.4 Å². The van der Waals surface area contributed by atoms with Crippen molar-refractivity contribution in [2.24, 2.45) is 0 Å². The molecule has 4 N–H and O–H groups in total. The zero-order chi connectivity index (χ0) is 35.0. The van der Waals surface area contributed by atoms with E-state index >= 15 is 0 Å². The van der Waals surface area contributed by atoms with Gasteiger partial charge in [-0.1, -0.05) is 18.2 Å². The maximum absolute atomic E-state index is 14.5. The zero-order valence-electron chi connectivity index (χ0n) is 26.1. The van der Waals surface area contributed by atoms with Gasteiger partial charge in [0.2, 0.25) is 5.66 Å². The summed E-state index contributed by atoms with van der Waals surface area (Å²) in [6, 6.07) is 7.18. The predicted molar refractivity (Wildman–Crippen MR) is 165 cm³/mol. The number of halogens is 6. The van der Waals surface area contributed by atoms with E-state index in [-0.39, 0.29) is 18.7 Å². The average molecular weight is 681 g/mol. The molecule has 2 unspecified atom stereocenters. The number of nitrogens with one attached hydrogen (secondary N) is 4. The monoisotopic (exact) mass is 680 g/mol. The van der Waals surface area contributed by atoms with Gasteiger partial charge in [-0.2, -0.15) is 31.4 Å². The van der Waals surface area contributed by atoms with Crippen LogP contribution < -0.4 is 16.0 Å². The molecule has 0 bridgehead atoms. The van der Waals surface area contributed by atoms with E-state index in [2.05, 4.69) is 26.1 Å². The zero-order valence-corrected chi connectivity index (χ0v) is 26.1. The van der Waals surface area contributed by atoms with Crippen LogP contribution in [0.15, 0.2) is 73.1 Å². The number of alkyl halides is 6. The molecule has 48 heavy (non-hydrogen) atoms. The Labute approximate surface area is 271 Å². The summed E-state index contributed by atoms with van der Waals surface area (Å²) >= 11 is 0. The molecule has 258 valence electrons. The van der Waals surface area contributed by atoms with Gasteiger partial charge in [0.15, 0.2) is 0 Å². The third-order valence-corrected chi connectivity index (χ3v) is 7.85. The molecule has 2 aliphatic heterocycles. The average Bonchev–Trinajstić information content (AvgIpc) is 3.66. The molecule has 0 radical (unpaired) electrons. The highest BCUT2D eigenvalue weighted by Crippen LogP contribution is 2.53. The summed E-state index contributed by atoms with van der Waals surface area (Å²) in [5.74, 6) is -0.710. The fourth-order valence-corrected chi connectivity index (χ4v) is 5.55. The largest absolute Gasteiger partial charge is 0.444 e. The van der Waals surface area contributed by atoms with Crippen LogP contribution in [0.4, 0.5) is 42.5 Å². The number of benzene rings is 2. The second-order valence-corrected chi connectivity index (χ2v) is 12.5. The summed E-state index contributed by atoms with van der Waals surface area (Å²) in [7, 11) is 0. The summed E-state index contributed by atoms with van der Waals surface area (Å²) < 4.78 is 97.3. The van der Waals surface area contributed by atoms with Gasteiger partial charge in [0.05, 0.1) is 24.4 Å². The Morgan fingerprint density at radius 3 is 2.31 bits per heavy atom. The summed E-state index contributed by atoms with van der Waals surface area (Å²) in [6.07, 6.45) is -4.43. The molecule has 1 saturated heterocycles. The number of allylic oxidation sites excluding steroid dienone is 2. The molecule has 2 atom stereocenters.